The van der Waals surface area contributed by atoms with Gasteiger partial charge in [0.1, 0.15) is 0 Å². The lowest BCUT2D eigenvalue weighted by atomic mass is 9.88. The zero-order valence-corrected chi connectivity index (χ0v) is 24.5. The van der Waals surface area contributed by atoms with Gasteiger partial charge in [0, 0.05) is 29.4 Å². The number of hydrogen-bond acceptors (Lipinski definition) is 4. The molecule has 2 heterocycles. The summed E-state index contributed by atoms with van der Waals surface area (Å²) in [6, 6.07) is 24.3. The van der Waals surface area contributed by atoms with E-state index in [1.165, 1.54) is 22.9 Å². The summed E-state index contributed by atoms with van der Waals surface area (Å²) in [6.07, 6.45) is 5.98. The number of likely N-dealkylation sites (N-methyl/N-ethyl adjacent to an activating group) is 1. The summed E-state index contributed by atoms with van der Waals surface area (Å²) in [4.78, 5) is 23.4. The van der Waals surface area contributed by atoms with E-state index in [4.69, 9.17) is 16.6 Å². The number of rotatable bonds is 7. The lowest BCUT2D eigenvalue weighted by Gasteiger charge is -2.43. The van der Waals surface area contributed by atoms with Gasteiger partial charge in [0.15, 0.2) is 5.17 Å². The number of amidine groups is 1. The van der Waals surface area contributed by atoms with E-state index in [9.17, 15) is 4.79 Å². The number of carbonyl (C=O) groups is 1. The normalized spacial score (nSPS) is 18.6. The number of carbonyl (C=O) groups excluding carboxylic acids is 1. The Kier molecular flexibility index (Phi) is 8.01. The zero-order chi connectivity index (χ0) is 27.6. The highest BCUT2D eigenvalue weighted by Crippen LogP contribution is 2.43. The fraction of sp³-hybridized carbons (Fsp3) is 0.273. The number of hydrogen-bond donors (Lipinski definition) is 0. The molecule has 0 spiro atoms. The Hall–Kier alpha value is -3.28. The van der Waals surface area contributed by atoms with Crippen molar-refractivity contribution in [2.75, 3.05) is 18.0 Å². The first-order chi connectivity index (χ1) is 18.8. The van der Waals surface area contributed by atoms with Gasteiger partial charge in [0.25, 0.3) is 5.91 Å². The molecule has 1 amide bonds. The molecule has 0 bridgehead atoms. The van der Waals surface area contributed by atoms with Crippen LogP contribution >= 0.6 is 23.4 Å². The predicted molar refractivity (Wildman–Crippen MR) is 168 cm³/mol. The van der Waals surface area contributed by atoms with Gasteiger partial charge in [-0.3, -0.25) is 9.69 Å². The molecule has 0 N–H and O–H groups in total. The van der Waals surface area contributed by atoms with Crippen molar-refractivity contribution in [1.29, 1.82) is 0 Å². The third-order valence-electron chi connectivity index (χ3n) is 7.26. The SMILES string of the molecule is CCN1c2cc(Cl)c(/C=C3/SC(=Nc4ccccc4)N(CCCc4ccccc4)C3=O)cc2C(C)=CC1(C)C. The Morgan fingerprint density at radius 1 is 1.03 bits per heavy atom. The second-order valence-corrected chi connectivity index (χ2v) is 11.9. The fourth-order valence-corrected chi connectivity index (χ4v) is 6.66. The topological polar surface area (TPSA) is 35.9 Å². The molecule has 0 saturated carbocycles. The van der Waals surface area contributed by atoms with Crippen molar-refractivity contribution < 1.29 is 4.79 Å². The van der Waals surface area contributed by atoms with E-state index < -0.39 is 0 Å². The summed E-state index contributed by atoms with van der Waals surface area (Å²) >= 11 is 8.27. The van der Waals surface area contributed by atoms with Crippen LogP contribution in [0.1, 0.15) is 50.8 Å². The number of para-hydroxylation sites is 1. The minimum Gasteiger partial charge on any atom is -0.363 e. The van der Waals surface area contributed by atoms with Crippen LogP contribution in [-0.4, -0.2) is 34.6 Å². The first-order valence-electron chi connectivity index (χ1n) is 13.5. The van der Waals surface area contributed by atoms with Gasteiger partial charge in [-0.1, -0.05) is 66.2 Å². The molecule has 2 aliphatic heterocycles. The molecule has 4 nitrogen and oxygen atoms in total. The van der Waals surface area contributed by atoms with Crippen LogP contribution in [-0.2, 0) is 11.2 Å². The number of aryl methyl sites for hydroxylation is 1. The molecule has 0 radical (unpaired) electrons. The number of thioether (sulfide) groups is 1. The predicted octanol–water partition coefficient (Wildman–Crippen LogP) is 8.60. The molecule has 5 rings (SSSR count). The van der Waals surface area contributed by atoms with Crippen molar-refractivity contribution in [3.63, 3.8) is 0 Å². The highest BCUT2D eigenvalue weighted by atomic mass is 35.5. The van der Waals surface area contributed by atoms with Crippen molar-refractivity contribution in [2.45, 2.75) is 46.1 Å². The lowest BCUT2D eigenvalue weighted by molar-refractivity contribution is -0.122. The molecule has 1 fully saturated rings. The van der Waals surface area contributed by atoms with Crippen LogP contribution in [0.25, 0.3) is 11.6 Å². The van der Waals surface area contributed by atoms with E-state index in [0.717, 1.165) is 41.9 Å². The molecule has 2 aliphatic rings. The van der Waals surface area contributed by atoms with Gasteiger partial charge in [-0.2, -0.15) is 0 Å². The Balaban J connectivity index is 1.46. The van der Waals surface area contributed by atoms with E-state index in [1.807, 2.05) is 53.4 Å². The van der Waals surface area contributed by atoms with Crippen LogP contribution in [0.15, 0.2) is 88.8 Å². The van der Waals surface area contributed by atoms with Gasteiger partial charge in [-0.05, 0) is 99.3 Å². The third-order valence-corrected chi connectivity index (χ3v) is 8.59. The summed E-state index contributed by atoms with van der Waals surface area (Å²) in [5, 5.41) is 1.34. The standard InChI is InChI=1S/C33H34ClN3OS/c1-5-37-29-21-28(34)25(19-27(29)23(2)22-33(37,3)4)20-30-31(38)36(18-12-15-24-13-8-6-9-14-24)32(39-30)35-26-16-10-7-11-17-26/h6-11,13-14,16-17,19-22H,5,12,15,18H2,1-4H3/b30-20+,35-32?. The number of aliphatic imine (C=N–C) groups is 1. The van der Waals surface area contributed by atoms with Crippen LogP contribution in [0, 0.1) is 0 Å². The number of anilines is 1. The molecule has 0 aromatic heterocycles. The zero-order valence-electron chi connectivity index (χ0n) is 22.9. The highest BCUT2D eigenvalue weighted by Gasteiger charge is 2.34. The smallest absolute Gasteiger partial charge is 0.266 e. The van der Waals surface area contributed by atoms with Crippen LogP contribution < -0.4 is 4.90 Å². The average Bonchev–Trinajstić information content (AvgIpc) is 3.19. The molecule has 3 aromatic rings. The number of amides is 1. The minimum atomic E-state index is -0.0878. The Morgan fingerprint density at radius 2 is 1.72 bits per heavy atom. The van der Waals surface area contributed by atoms with Gasteiger partial charge < -0.3 is 4.90 Å². The highest BCUT2D eigenvalue weighted by molar-refractivity contribution is 8.18. The molecule has 0 unspecified atom stereocenters. The molecular formula is C33H34ClN3OS. The van der Waals surface area contributed by atoms with Crippen molar-refractivity contribution in [3.8, 4) is 0 Å². The van der Waals surface area contributed by atoms with Crippen molar-refractivity contribution in [3.05, 3.63) is 105 Å². The number of nitrogens with zero attached hydrogens (tertiary/aromatic N) is 3. The molecule has 200 valence electrons. The van der Waals surface area contributed by atoms with Gasteiger partial charge in [-0.25, -0.2) is 4.99 Å². The number of benzene rings is 3. The summed E-state index contributed by atoms with van der Waals surface area (Å²) in [6.45, 7) is 10.2. The van der Waals surface area contributed by atoms with Crippen LogP contribution in [0.5, 0.6) is 0 Å². The third kappa shape index (κ3) is 5.85. The second kappa shape index (κ2) is 11.4. The minimum absolute atomic E-state index is 0.0277. The Labute approximate surface area is 241 Å². The first kappa shape index (κ1) is 27.3. The quantitative estimate of drug-likeness (QED) is 0.274. The molecule has 6 heteroatoms. The maximum Gasteiger partial charge on any atom is 0.266 e. The second-order valence-electron chi connectivity index (χ2n) is 10.5. The molecular weight excluding hydrogens is 522 g/mol. The fourth-order valence-electron chi connectivity index (χ4n) is 5.43. The van der Waals surface area contributed by atoms with Crippen molar-refractivity contribution in [2.24, 2.45) is 4.99 Å². The summed E-state index contributed by atoms with van der Waals surface area (Å²) in [7, 11) is 0. The summed E-state index contributed by atoms with van der Waals surface area (Å²) in [5.41, 5.74) is 6.36. The number of halogens is 1. The average molecular weight is 556 g/mol. The van der Waals surface area contributed by atoms with Crippen molar-refractivity contribution >= 4 is 57.5 Å². The Bertz CT molecular complexity index is 1460. The molecule has 3 aromatic carbocycles. The van der Waals surface area contributed by atoms with Gasteiger partial charge in [0.05, 0.1) is 16.1 Å². The maximum atomic E-state index is 13.7. The van der Waals surface area contributed by atoms with E-state index in [-0.39, 0.29) is 11.4 Å². The molecule has 1 saturated heterocycles. The first-order valence-corrected chi connectivity index (χ1v) is 14.7. The van der Waals surface area contributed by atoms with Crippen LogP contribution in [0.3, 0.4) is 0 Å². The Morgan fingerprint density at radius 3 is 2.41 bits per heavy atom. The van der Waals surface area contributed by atoms with Crippen LogP contribution in [0.4, 0.5) is 11.4 Å². The molecule has 0 atom stereocenters. The van der Waals surface area contributed by atoms with E-state index >= 15 is 0 Å². The molecule has 39 heavy (non-hydrogen) atoms. The van der Waals surface area contributed by atoms with Gasteiger partial charge >= 0.3 is 0 Å². The van der Waals surface area contributed by atoms with E-state index in [1.54, 1.807) is 0 Å². The number of allylic oxidation sites excluding steroid dienone is 1. The maximum absolute atomic E-state index is 13.7. The van der Waals surface area contributed by atoms with Gasteiger partial charge in [0.2, 0.25) is 0 Å². The summed E-state index contributed by atoms with van der Waals surface area (Å²) in [5.74, 6) is -0.0277. The summed E-state index contributed by atoms with van der Waals surface area (Å²) < 4.78 is 0. The van der Waals surface area contributed by atoms with Crippen LogP contribution in [0.2, 0.25) is 5.02 Å². The number of fused-ring (bicyclic) bond motifs is 1. The van der Waals surface area contributed by atoms with E-state index in [2.05, 4.69) is 69.0 Å². The van der Waals surface area contributed by atoms with Crippen molar-refractivity contribution in [1.82, 2.24) is 4.90 Å². The lowest BCUT2D eigenvalue weighted by Crippen LogP contribution is -2.44. The molecule has 0 aliphatic carbocycles. The largest absolute Gasteiger partial charge is 0.363 e. The monoisotopic (exact) mass is 555 g/mol. The van der Waals surface area contributed by atoms with E-state index in [0.29, 0.717) is 21.6 Å². The van der Waals surface area contributed by atoms with Gasteiger partial charge in [-0.15, -0.1) is 0 Å².